The van der Waals surface area contributed by atoms with E-state index in [0.29, 0.717) is 38.2 Å². The van der Waals surface area contributed by atoms with Crippen molar-refractivity contribution >= 4 is 43.4 Å². The molecule has 0 aliphatic heterocycles. The van der Waals surface area contributed by atoms with E-state index in [1.165, 1.54) is 6.07 Å². The van der Waals surface area contributed by atoms with Gasteiger partial charge in [0.1, 0.15) is 11.4 Å². The highest BCUT2D eigenvalue weighted by molar-refractivity contribution is 7.89. The van der Waals surface area contributed by atoms with E-state index in [-0.39, 0.29) is 4.90 Å². The highest BCUT2D eigenvalue weighted by Gasteiger charge is 2.21. The van der Waals surface area contributed by atoms with Crippen LogP contribution in [0, 0.1) is 0 Å². The number of nitrogens with zero attached hydrogens (tertiary/aromatic N) is 2. The van der Waals surface area contributed by atoms with Gasteiger partial charge in [-0.25, -0.2) is 13.6 Å². The maximum Gasteiger partial charge on any atom is 0.238 e. The topological polar surface area (TPSA) is 99.1 Å². The Labute approximate surface area is 141 Å². The van der Waals surface area contributed by atoms with Crippen molar-refractivity contribution in [2.75, 3.05) is 0 Å². The fourth-order valence-corrected chi connectivity index (χ4v) is 3.75. The zero-order valence-electron chi connectivity index (χ0n) is 12.1. The molecule has 8 heteroatoms. The van der Waals surface area contributed by atoms with Crippen molar-refractivity contribution in [3.63, 3.8) is 0 Å². The highest BCUT2D eigenvalue weighted by Crippen LogP contribution is 2.37. The number of hydrogen-bond acceptors (Lipinski definition) is 5. The third-order valence-electron chi connectivity index (χ3n) is 3.73. The molecular formula is C16H10ClN3O3S. The fourth-order valence-electron chi connectivity index (χ4n) is 2.73. The quantitative estimate of drug-likeness (QED) is 0.591. The van der Waals surface area contributed by atoms with Crippen LogP contribution in [-0.4, -0.2) is 18.6 Å². The van der Waals surface area contributed by atoms with Gasteiger partial charge >= 0.3 is 0 Å². The molecule has 0 aliphatic carbocycles. The summed E-state index contributed by atoms with van der Waals surface area (Å²) in [6.45, 7) is 0. The van der Waals surface area contributed by atoms with Crippen LogP contribution < -0.4 is 5.14 Å². The molecule has 0 saturated carbocycles. The van der Waals surface area contributed by atoms with Gasteiger partial charge in [-0.2, -0.15) is 0 Å². The minimum atomic E-state index is -3.94. The zero-order chi connectivity index (χ0) is 16.9. The smallest absolute Gasteiger partial charge is 0.238 e. The molecule has 2 aromatic carbocycles. The molecule has 0 spiro atoms. The monoisotopic (exact) mass is 359 g/mol. The van der Waals surface area contributed by atoms with Crippen LogP contribution >= 0.6 is 11.6 Å². The summed E-state index contributed by atoms with van der Waals surface area (Å²) in [5, 5.41) is 11.5. The summed E-state index contributed by atoms with van der Waals surface area (Å²) in [5.41, 5.74) is 1.21. The number of sulfonamides is 1. The van der Waals surface area contributed by atoms with E-state index in [4.69, 9.17) is 21.3 Å². The van der Waals surface area contributed by atoms with Crippen molar-refractivity contribution in [1.29, 1.82) is 0 Å². The molecule has 6 nitrogen and oxygen atoms in total. The SMILES string of the molecule is NS(=O)(=O)c1cccc2ccnc(-c3noc4cccc(Cl)c34)c12. The van der Waals surface area contributed by atoms with Gasteiger partial charge in [-0.3, -0.25) is 4.98 Å². The van der Waals surface area contributed by atoms with Gasteiger partial charge in [0.2, 0.25) is 10.0 Å². The number of fused-ring (bicyclic) bond motifs is 2. The Bertz CT molecular complexity index is 1200. The Morgan fingerprint density at radius 1 is 1.00 bits per heavy atom. The first-order chi connectivity index (χ1) is 11.5. The lowest BCUT2D eigenvalue weighted by Gasteiger charge is -2.08. The van der Waals surface area contributed by atoms with Crippen LogP contribution in [0.25, 0.3) is 33.1 Å². The Morgan fingerprint density at radius 3 is 2.58 bits per heavy atom. The first-order valence-electron chi connectivity index (χ1n) is 6.91. The molecule has 120 valence electrons. The Balaban J connectivity index is 2.18. The normalized spacial score (nSPS) is 12.1. The number of hydrogen-bond donors (Lipinski definition) is 1. The van der Waals surface area contributed by atoms with Gasteiger partial charge in [-0.1, -0.05) is 35.0 Å². The summed E-state index contributed by atoms with van der Waals surface area (Å²) in [4.78, 5) is 4.29. The second-order valence-corrected chi connectivity index (χ2v) is 7.14. The Morgan fingerprint density at radius 2 is 1.79 bits per heavy atom. The zero-order valence-corrected chi connectivity index (χ0v) is 13.7. The van der Waals surface area contributed by atoms with E-state index >= 15 is 0 Å². The lowest BCUT2D eigenvalue weighted by molar-refractivity contribution is 0.459. The third-order valence-corrected chi connectivity index (χ3v) is 5.00. The fraction of sp³-hybridized carbons (Fsp3) is 0. The predicted molar refractivity (Wildman–Crippen MR) is 91.1 cm³/mol. The molecule has 0 radical (unpaired) electrons. The molecule has 0 aliphatic rings. The summed E-state index contributed by atoms with van der Waals surface area (Å²) in [5.74, 6) is 0. The molecule has 0 amide bonds. The van der Waals surface area contributed by atoms with Crippen LogP contribution in [-0.2, 0) is 10.0 Å². The van der Waals surface area contributed by atoms with Crippen molar-refractivity contribution in [1.82, 2.24) is 10.1 Å². The largest absolute Gasteiger partial charge is 0.356 e. The molecule has 2 N–H and O–H groups in total. The van der Waals surface area contributed by atoms with Gasteiger partial charge < -0.3 is 4.52 Å². The second kappa shape index (κ2) is 5.27. The first kappa shape index (κ1) is 15.1. The Hall–Kier alpha value is -2.48. The van der Waals surface area contributed by atoms with E-state index < -0.39 is 10.0 Å². The van der Waals surface area contributed by atoms with Gasteiger partial charge in [0.15, 0.2) is 5.58 Å². The predicted octanol–water partition coefficient (Wildman–Crippen LogP) is 3.34. The second-order valence-electron chi connectivity index (χ2n) is 5.20. The van der Waals surface area contributed by atoms with E-state index in [2.05, 4.69) is 10.1 Å². The summed E-state index contributed by atoms with van der Waals surface area (Å²) < 4.78 is 29.3. The summed E-state index contributed by atoms with van der Waals surface area (Å²) in [6, 6.07) is 11.7. The van der Waals surface area contributed by atoms with Crippen molar-refractivity contribution in [2.24, 2.45) is 5.14 Å². The molecule has 0 bridgehead atoms. The number of nitrogens with two attached hydrogens (primary N) is 1. The van der Waals surface area contributed by atoms with Crippen LogP contribution in [0.15, 0.2) is 58.1 Å². The molecule has 2 aromatic heterocycles. The molecular weight excluding hydrogens is 350 g/mol. The average molecular weight is 360 g/mol. The molecule has 4 rings (SSSR count). The van der Waals surface area contributed by atoms with E-state index in [0.717, 1.165) is 0 Å². The van der Waals surface area contributed by atoms with Crippen LogP contribution in [0.3, 0.4) is 0 Å². The van der Waals surface area contributed by atoms with E-state index in [1.54, 1.807) is 42.6 Å². The molecule has 0 fully saturated rings. The van der Waals surface area contributed by atoms with E-state index in [9.17, 15) is 8.42 Å². The van der Waals surface area contributed by atoms with Crippen LogP contribution in [0.2, 0.25) is 5.02 Å². The van der Waals surface area contributed by atoms with Crippen molar-refractivity contribution < 1.29 is 12.9 Å². The lowest BCUT2D eigenvalue weighted by atomic mass is 10.1. The maximum absolute atomic E-state index is 12.0. The molecule has 24 heavy (non-hydrogen) atoms. The standard InChI is InChI=1S/C16H10ClN3O3S/c17-10-4-2-5-11-14(10)16(20-23-11)15-13-9(7-8-19-15)3-1-6-12(13)24(18,21)22/h1-8H,(H2,18,21,22). The lowest BCUT2D eigenvalue weighted by Crippen LogP contribution is -2.13. The third kappa shape index (κ3) is 2.25. The minimum absolute atomic E-state index is 0.0219. The summed E-state index contributed by atoms with van der Waals surface area (Å²) in [7, 11) is -3.94. The molecule has 0 saturated heterocycles. The van der Waals surface area contributed by atoms with Crippen LogP contribution in [0.1, 0.15) is 0 Å². The van der Waals surface area contributed by atoms with Gasteiger partial charge in [0.25, 0.3) is 0 Å². The van der Waals surface area contributed by atoms with Crippen LogP contribution in [0.4, 0.5) is 0 Å². The van der Waals surface area contributed by atoms with E-state index in [1.807, 2.05) is 0 Å². The van der Waals surface area contributed by atoms with Crippen LogP contribution in [0.5, 0.6) is 0 Å². The molecule has 0 atom stereocenters. The number of halogens is 1. The molecule has 2 heterocycles. The van der Waals surface area contributed by atoms with Gasteiger partial charge in [-0.15, -0.1) is 0 Å². The minimum Gasteiger partial charge on any atom is -0.356 e. The van der Waals surface area contributed by atoms with Gasteiger partial charge in [-0.05, 0) is 29.7 Å². The molecule has 4 aromatic rings. The molecule has 0 unspecified atom stereocenters. The van der Waals surface area contributed by atoms with Gasteiger partial charge in [0.05, 0.1) is 15.3 Å². The number of primary sulfonamides is 1. The highest BCUT2D eigenvalue weighted by atomic mass is 35.5. The number of benzene rings is 2. The number of rotatable bonds is 2. The van der Waals surface area contributed by atoms with Crippen molar-refractivity contribution in [3.8, 4) is 11.4 Å². The Kier molecular flexibility index (Phi) is 3.31. The summed E-state index contributed by atoms with van der Waals surface area (Å²) in [6.07, 6.45) is 1.57. The van der Waals surface area contributed by atoms with Gasteiger partial charge in [0, 0.05) is 11.6 Å². The summed E-state index contributed by atoms with van der Waals surface area (Å²) >= 11 is 6.26. The van der Waals surface area contributed by atoms with Crippen molar-refractivity contribution in [2.45, 2.75) is 4.90 Å². The maximum atomic E-state index is 12.0. The number of aromatic nitrogens is 2. The number of pyridine rings is 1. The van der Waals surface area contributed by atoms with Crippen molar-refractivity contribution in [3.05, 3.63) is 53.7 Å². The first-order valence-corrected chi connectivity index (χ1v) is 8.84. The average Bonchev–Trinajstić information content (AvgIpc) is 2.98.